The number of carbonyl (C=O) groups excluding carboxylic acids is 1. The van der Waals surface area contributed by atoms with Gasteiger partial charge in [0.1, 0.15) is 33.5 Å². The highest BCUT2D eigenvalue weighted by Crippen LogP contribution is 2.37. The van der Waals surface area contributed by atoms with Crippen LogP contribution in [-0.2, 0) is 37.0 Å². The highest BCUT2D eigenvalue weighted by Gasteiger charge is 2.37. The number of hydrogen-bond donors (Lipinski definition) is 3. The van der Waals surface area contributed by atoms with Crippen LogP contribution in [0.25, 0.3) is 11.3 Å². The second kappa shape index (κ2) is 12.1. The maximum Gasteiger partial charge on any atom is 0.323 e. The smallest absolute Gasteiger partial charge is 0.323 e. The van der Waals surface area contributed by atoms with Gasteiger partial charge in [0.15, 0.2) is 5.75 Å². The Morgan fingerprint density at radius 2 is 1.51 bits per heavy atom. The molecule has 1 saturated heterocycles. The fourth-order valence-corrected chi connectivity index (χ4v) is 7.29. The van der Waals surface area contributed by atoms with Crippen molar-refractivity contribution in [3.05, 3.63) is 75.3 Å². The Balaban J connectivity index is 1.84. The molecule has 234 valence electrons. The summed E-state index contributed by atoms with van der Waals surface area (Å²) in [6.07, 6.45) is 1.96. The van der Waals surface area contributed by atoms with Gasteiger partial charge in [-0.25, -0.2) is 0 Å². The Kier molecular flexibility index (Phi) is 8.46. The number of carbonyl (C=O) groups is 4. The Bertz CT molecular complexity index is 2190. The van der Waals surface area contributed by atoms with Crippen molar-refractivity contribution in [3.8, 4) is 5.75 Å². The number of aromatic nitrogens is 2. The average molecular weight is 675 g/mol. The Labute approximate surface area is 264 Å². The molecule has 3 N–H and O–H groups in total. The summed E-state index contributed by atoms with van der Waals surface area (Å²) in [4.78, 5) is 77.5. The second-order valence-corrected chi connectivity index (χ2v) is 11.9. The molecule has 0 atom stereocenters. The van der Waals surface area contributed by atoms with E-state index < -0.39 is 65.5 Å². The lowest BCUT2D eigenvalue weighted by atomic mass is 10.2. The fourth-order valence-electron chi connectivity index (χ4n) is 4.58. The van der Waals surface area contributed by atoms with Crippen molar-refractivity contribution in [2.45, 2.75) is 26.4 Å². The van der Waals surface area contributed by atoms with E-state index in [4.69, 9.17) is 26.8 Å². The summed E-state index contributed by atoms with van der Waals surface area (Å²) in [6, 6.07) is 7.28. The lowest BCUT2D eigenvalue weighted by molar-refractivity contribution is -0.140. The standard InChI is InChI=1S/C27H22N4O11S3/c1-3-12(8-15-28(2)13-6-4-5-7-14(13)41-15)20-23(39)30(10-17(34)35)26(44-20)21-24(40)29(9-16(32)33)25(45-21)19-22(38)31(11-18(36)37)27(43)42-19/h4-8H,3,9-11H2,1-2H3,(H,32,33)(H,34,35)(H,36,37)/b15-8-,20-12+,25-19+,26-21+. The van der Waals surface area contributed by atoms with Gasteiger partial charge in [-0.1, -0.05) is 19.1 Å². The fraction of sp³-hybridized carbons (Fsp3) is 0.222. The van der Waals surface area contributed by atoms with Crippen LogP contribution in [0.15, 0.2) is 45.8 Å². The number of anilines is 1. The molecule has 0 saturated carbocycles. The minimum absolute atomic E-state index is 0.0952. The number of thiazole rings is 2. The van der Waals surface area contributed by atoms with Crippen LogP contribution in [0.4, 0.5) is 5.69 Å². The molecule has 0 unspecified atom stereocenters. The molecule has 45 heavy (non-hydrogen) atoms. The molecule has 15 nitrogen and oxygen atoms in total. The number of carboxylic acid groups (broad SMARTS) is 3. The number of nitrogens with zero attached hydrogens (tertiary/aromatic N) is 4. The number of benzene rings is 1. The largest absolute Gasteiger partial charge is 0.480 e. The number of ether oxygens (including phenoxy) is 2. The Hall–Kier alpha value is -5.07. The normalized spacial score (nSPS) is 17.8. The number of thiocarbonyl (C=S) groups is 1. The maximum atomic E-state index is 13.7. The molecule has 2 aromatic heterocycles. The number of amides is 1. The zero-order valence-corrected chi connectivity index (χ0v) is 25.8. The molecule has 1 amide bonds. The monoisotopic (exact) mass is 674 g/mol. The van der Waals surface area contributed by atoms with E-state index >= 15 is 0 Å². The van der Waals surface area contributed by atoms with Crippen LogP contribution >= 0.6 is 34.9 Å². The molecular formula is C27H22N4O11S3. The van der Waals surface area contributed by atoms with Gasteiger partial charge in [-0.05, 0) is 36.3 Å². The molecule has 2 aliphatic rings. The first kappa shape index (κ1) is 31.4. The van der Waals surface area contributed by atoms with E-state index in [0.29, 0.717) is 44.4 Å². The number of allylic oxidation sites excluding steroid dienone is 1. The second-order valence-electron chi connectivity index (χ2n) is 9.52. The third kappa shape index (κ3) is 5.77. The summed E-state index contributed by atoms with van der Waals surface area (Å²) in [5, 5.41) is 27.8. The predicted octanol–water partition coefficient (Wildman–Crippen LogP) is -0.143. The van der Waals surface area contributed by atoms with Crippen molar-refractivity contribution in [3.63, 3.8) is 0 Å². The quantitative estimate of drug-likeness (QED) is 0.267. The van der Waals surface area contributed by atoms with E-state index in [9.17, 15) is 39.0 Å². The number of hydrogen-bond acceptors (Lipinski definition) is 12. The molecule has 18 heteroatoms. The van der Waals surface area contributed by atoms with Crippen molar-refractivity contribution < 1.29 is 44.0 Å². The molecule has 0 radical (unpaired) electrons. The van der Waals surface area contributed by atoms with Crippen molar-refractivity contribution >= 4 is 80.9 Å². The Morgan fingerprint density at radius 1 is 0.889 bits per heavy atom. The van der Waals surface area contributed by atoms with Crippen LogP contribution in [0, 0.1) is 9.20 Å². The highest BCUT2D eigenvalue weighted by molar-refractivity contribution is 7.80. The van der Waals surface area contributed by atoms with E-state index in [1.807, 2.05) is 18.2 Å². The SMILES string of the molecule is CCC(/C=C1\Oc2ccccc2N1C)=c1\s/c(=c2/s/c(=C3/OC(=S)N(CC(=O)O)C3=O)n(CC(=O)O)c2=O)n(CC(=O)O)c1=O. The maximum absolute atomic E-state index is 13.7. The lowest BCUT2D eigenvalue weighted by Crippen LogP contribution is -2.35. The minimum Gasteiger partial charge on any atom is -0.480 e. The topological polar surface area (TPSA) is 198 Å². The Morgan fingerprint density at radius 3 is 2.11 bits per heavy atom. The lowest BCUT2D eigenvalue weighted by Gasteiger charge is -2.11. The summed E-state index contributed by atoms with van der Waals surface area (Å²) in [5.74, 6) is -4.82. The van der Waals surface area contributed by atoms with E-state index in [2.05, 4.69) is 0 Å². The van der Waals surface area contributed by atoms with E-state index in [-0.39, 0.29) is 18.4 Å². The highest BCUT2D eigenvalue weighted by atomic mass is 32.1. The van der Waals surface area contributed by atoms with Crippen molar-refractivity contribution in [2.75, 3.05) is 18.5 Å². The van der Waals surface area contributed by atoms with Crippen LogP contribution < -0.4 is 30.0 Å². The zero-order chi connectivity index (χ0) is 32.7. The molecule has 3 aromatic rings. The zero-order valence-electron chi connectivity index (χ0n) is 23.3. The summed E-state index contributed by atoms with van der Waals surface area (Å²) in [6.45, 7) is -0.817. The predicted molar refractivity (Wildman–Crippen MR) is 163 cm³/mol. The molecule has 0 spiro atoms. The summed E-state index contributed by atoms with van der Waals surface area (Å²) >= 11 is 6.37. The molecule has 1 aromatic carbocycles. The van der Waals surface area contributed by atoms with Crippen LogP contribution in [0.2, 0.25) is 0 Å². The molecular weight excluding hydrogens is 653 g/mol. The van der Waals surface area contributed by atoms with Gasteiger partial charge < -0.3 is 29.7 Å². The van der Waals surface area contributed by atoms with Gasteiger partial charge in [-0.2, -0.15) is 0 Å². The van der Waals surface area contributed by atoms with E-state index in [1.165, 1.54) is 0 Å². The average Bonchev–Trinajstić information content (AvgIpc) is 3.66. The molecule has 0 aliphatic carbocycles. The van der Waals surface area contributed by atoms with Gasteiger partial charge in [-0.15, -0.1) is 22.7 Å². The molecule has 2 aliphatic heterocycles. The number of rotatable bonds is 8. The van der Waals surface area contributed by atoms with Crippen LogP contribution in [0.3, 0.4) is 0 Å². The molecule has 0 bridgehead atoms. The van der Waals surface area contributed by atoms with Gasteiger partial charge in [0.2, 0.25) is 11.6 Å². The number of fused-ring (bicyclic) bond motifs is 1. The van der Waals surface area contributed by atoms with Crippen molar-refractivity contribution in [1.29, 1.82) is 0 Å². The summed E-state index contributed by atoms with van der Waals surface area (Å²) < 4.78 is 12.3. The number of para-hydroxylation sites is 2. The summed E-state index contributed by atoms with van der Waals surface area (Å²) in [7, 11) is 1.78. The van der Waals surface area contributed by atoms with Gasteiger partial charge in [0, 0.05) is 13.1 Å². The molecule has 4 heterocycles. The van der Waals surface area contributed by atoms with Crippen molar-refractivity contribution in [2.24, 2.45) is 0 Å². The molecule has 1 fully saturated rings. The first-order valence-electron chi connectivity index (χ1n) is 12.9. The van der Waals surface area contributed by atoms with E-state index in [0.717, 1.165) is 21.6 Å². The van der Waals surface area contributed by atoms with E-state index in [1.54, 1.807) is 31.0 Å². The third-order valence-corrected chi connectivity index (χ3v) is 9.49. The molecule has 5 rings (SSSR count). The van der Waals surface area contributed by atoms with Crippen LogP contribution in [0.5, 0.6) is 5.75 Å². The number of carboxylic acids is 3. The number of aliphatic carboxylic acids is 3. The first-order valence-corrected chi connectivity index (χ1v) is 15.0. The van der Waals surface area contributed by atoms with Crippen LogP contribution in [-0.4, -0.2) is 71.9 Å². The van der Waals surface area contributed by atoms with Gasteiger partial charge in [0.25, 0.3) is 16.3 Å². The van der Waals surface area contributed by atoms with Crippen molar-refractivity contribution in [1.82, 2.24) is 14.0 Å². The van der Waals surface area contributed by atoms with Gasteiger partial charge >= 0.3 is 23.8 Å². The summed E-state index contributed by atoms with van der Waals surface area (Å²) in [5.41, 5.74) is -0.382. The first-order chi connectivity index (χ1) is 21.3. The van der Waals surface area contributed by atoms with Gasteiger partial charge in [-0.3, -0.25) is 42.8 Å². The minimum atomic E-state index is -1.46. The van der Waals surface area contributed by atoms with Crippen LogP contribution in [0.1, 0.15) is 13.3 Å². The third-order valence-electron chi connectivity index (χ3n) is 6.63. The van der Waals surface area contributed by atoms with Gasteiger partial charge in [0.05, 0.1) is 10.2 Å².